The first kappa shape index (κ1) is 15.6. The number of hydrogen-bond acceptors (Lipinski definition) is 2. The van der Waals surface area contributed by atoms with Crippen LogP contribution in [0.15, 0.2) is 28.7 Å². The van der Waals surface area contributed by atoms with E-state index in [4.69, 9.17) is 0 Å². The summed E-state index contributed by atoms with van der Waals surface area (Å²) in [5, 5.41) is 0. The highest BCUT2D eigenvalue weighted by atomic mass is 15.0. The fourth-order valence-corrected chi connectivity index (χ4v) is 1.58. The fourth-order valence-electron chi connectivity index (χ4n) is 1.58. The third-order valence-corrected chi connectivity index (χ3v) is 3.51. The minimum atomic E-state index is 0.189. The van der Waals surface area contributed by atoms with Gasteiger partial charge in [-0.25, -0.2) is 9.98 Å². The topological polar surface area (TPSA) is 42.5 Å². The quantitative estimate of drug-likeness (QED) is 0.568. The van der Waals surface area contributed by atoms with Gasteiger partial charge in [-0.05, 0) is 18.8 Å². The maximum atomic E-state index is 4.44. The lowest BCUT2D eigenvalue weighted by molar-refractivity contribution is 0.342. The Morgan fingerprint density at radius 2 is 2.11 bits per heavy atom. The Morgan fingerprint density at radius 3 is 2.63 bits per heavy atom. The zero-order valence-electron chi connectivity index (χ0n) is 12.7. The van der Waals surface area contributed by atoms with E-state index in [2.05, 4.69) is 54.2 Å². The summed E-state index contributed by atoms with van der Waals surface area (Å²) in [4.78, 5) is 12.8. The van der Waals surface area contributed by atoms with Crippen molar-refractivity contribution < 1.29 is 0 Å². The molecule has 1 heterocycles. The lowest BCUT2D eigenvalue weighted by Crippen LogP contribution is -2.20. The van der Waals surface area contributed by atoms with Crippen molar-refractivity contribution in [3.8, 4) is 0 Å². The molecule has 1 rings (SSSR count). The van der Waals surface area contributed by atoms with E-state index in [0.717, 1.165) is 12.8 Å². The monoisotopic (exact) mass is 262 g/mol. The molecule has 1 aromatic rings. The summed E-state index contributed by atoms with van der Waals surface area (Å²) in [5.41, 5.74) is 0.189. The summed E-state index contributed by atoms with van der Waals surface area (Å²) in [7, 11) is 0. The minimum Gasteiger partial charge on any atom is -0.334 e. The number of hydrogen-bond donors (Lipinski definition) is 0. The first-order valence-electron chi connectivity index (χ1n) is 6.96. The molecule has 0 fully saturated rings. The van der Waals surface area contributed by atoms with Crippen LogP contribution in [0.1, 0.15) is 53.5 Å². The maximum absolute atomic E-state index is 4.44. The van der Waals surface area contributed by atoms with Gasteiger partial charge in [-0.2, -0.15) is 0 Å². The first-order chi connectivity index (χ1) is 8.95. The molecule has 106 valence electrons. The molecule has 0 aliphatic rings. The number of nitrogens with zero attached hydrogens (tertiary/aromatic N) is 4. The average molecular weight is 262 g/mol. The average Bonchev–Trinajstić information content (AvgIpc) is 2.85. The summed E-state index contributed by atoms with van der Waals surface area (Å²) in [6.45, 7) is 10.8. The lowest BCUT2D eigenvalue weighted by Gasteiger charge is -2.22. The first-order valence-corrected chi connectivity index (χ1v) is 6.96. The second-order valence-electron chi connectivity index (χ2n) is 5.95. The zero-order chi connectivity index (χ0) is 14.3. The van der Waals surface area contributed by atoms with Gasteiger partial charge in [0, 0.05) is 31.1 Å². The van der Waals surface area contributed by atoms with Gasteiger partial charge in [-0.15, -0.1) is 0 Å². The van der Waals surface area contributed by atoms with Crippen molar-refractivity contribution in [1.29, 1.82) is 0 Å². The van der Waals surface area contributed by atoms with Crippen LogP contribution in [0.2, 0.25) is 0 Å². The van der Waals surface area contributed by atoms with Crippen LogP contribution in [0, 0.1) is 5.41 Å². The van der Waals surface area contributed by atoms with Gasteiger partial charge in [0.05, 0.1) is 12.4 Å². The molecule has 19 heavy (non-hydrogen) atoms. The Bertz CT molecular complexity index is 398. The van der Waals surface area contributed by atoms with Crippen molar-refractivity contribution in [1.82, 2.24) is 9.55 Å². The van der Waals surface area contributed by atoms with Crippen LogP contribution in [0.25, 0.3) is 0 Å². The molecule has 2 atom stereocenters. The largest absolute Gasteiger partial charge is 0.334 e. The Balaban J connectivity index is 2.43. The van der Waals surface area contributed by atoms with E-state index in [1.165, 1.54) is 0 Å². The number of rotatable bonds is 6. The molecule has 4 nitrogen and oxygen atoms in total. The second kappa shape index (κ2) is 7.22. The Labute approximate surface area is 116 Å². The van der Waals surface area contributed by atoms with Crippen LogP contribution >= 0.6 is 0 Å². The highest BCUT2D eigenvalue weighted by Gasteiger charge is 2.17. The minimum absolute atomic E-state index is 0.189. The van der Waals surface area contributed by atoms with Crippen LogP contribution in [-0.2, 0) is 0 Å². The van der Waals surface area contributed by atoms with E-state index in [0.29, 0.717) is 6.04 Å². The van der Waals surface area contributed by atoms with Crippen LogP contribution < -0.4 is 0 Å². The van der Waals surface area contributed by atoms with Gasteiger partial charge in [0.25, 0.3) is 0 Å². The maximum Gasteiger partial charge on any atom is 0.109 e. The third kappa shape index (κ3) is 5.37. The molecule has 0 aromatic carbocycles. The Hall–Kier alpha value is -1.45. The molecule has 1 aromatic heterocycles. The number of aliphatic imine (C=N–C) groups is 2. The van der Waals surface area contributed by atoms with E-state index in [1.54, 1.807) is 6.34 Å². The van der Waals surface area contributed by atoms with Gasteiger partial charge in [-0.1, -0.05) is 27.7 Å². The van der Waals surface area contributed by atoms with E-state index >= 15 is 0 Å². The molecule has 0 aliphatic heterocycles. The lowest BCUT2D eigenvalue weighted by atomic mass is 9.89. The molecule has 0 saturated heterocycles. The van der Waals surface area contributed by atoms with Crippen molar-refractivity contribution in [2.45, 2.75) is 59.5 Å². The summed E-state index contributed by atoms with van der Waals surface area (Å²) in [6, 6.07) is 0.708. The van der Waals surface area contributed by atoms with E-state index in [-0.39, 0.29) is 11.5 Å². The highest BCUT2D eigenvalue weighted by Crippen LogP contribution is 2.21. The van der Waals surface area contributed by atoms with E-state index in [1.807, 2.05) is 24.9 Å². The van der Waals surface area contributed by atoms with Crippen LogP contribution in [-0.4, -0.2) is 28.1 Å². The van der Waals surface area contributed by atoms with Crippen LogP contribution in [0.4, 0.5) is 0 Å². The van der Waals surface area contributed by atoms with Crippen molar-refractivity contribution in [3.63, 3.8) is 0 Å². The number of imidazole rings is 1. The fraction of sp³-hybridized carbons (Fsp3) is 0.667. The second-order valence-corrected chi connectivity index (χ2v) is 5.95. The van der Waals surface area contributed by atoms with E-state index in [9.17, 15) is 0 Å². The van der Waals surface area contributed by atoms with Gasteiger partial charge in [0.1, 0.15) is 6.34 Å². The zero-order valence-corrected chi connectivity index (χ0v) is 12.7. The molecule has 0 N–H and O–H groups in total. The van der Waals surface area contributed by atoms with Crippen LogP contribution in [0.5, 0.6) is 0 Å². The van der Waals surface area contributed by atoms with Gasteiger partial charge in [-0.3, -0.25) is 4.99 Å². The Morgan fingerprint density at radius 1 is 1.37 bits per heavy atom. The summed E-state index contributed by atoms with van der Waals surface area (Å²) in [5.74, 6) is 0. The molecular formula is C15H26N4. The SMILES string of the molecule is CCC(CC=NC=NC(C)C(C)(C)C)n1ccnc1. The molecule has 2 unspecified atom stereocenters. The highest BCUT2D eigenvalue weighted by molar-refractivity contribution is 5.72. The predicted octanol–water partition coefficient (Wildman–Crippen LogP) is 3.76. The number of aromatic nitrogens is 2. The van der Waals surface area contributed by atoms with Gasteiger partial charge >= 0.3 is 0 Å². The normalized spacial score (nSPS) is 16.3. The smallest absolute Gasteiger partial charge is 0.109 e. The van der Waals surface area contributed by atoms with Gasteiger partial charge in [0.15, 0.2) is 0 Å². The molecule has 0 bridgehead atoms. The van der Waals surface area contributed by atoms with Crippen molar-refractivity contribution in [2.24, 2.45) is 15.4 Å². The Kier molecular flexibility index (Phi) is 5.93. The van der Waals surface area contributed by atoms with Gasteiger partial charge < -0.3 is 4.57 Å². The van der Waals surface area contributed by atoms with Crippen LogP contribution in [0.3, 0.4) is 0 Å². The van der Waals surface area contributed by atoms with Crippen molar-refractivity contribution in [2.75, 3.05) is 0 Å². The van der Waals surface area contributed by atoms with Crippen molar-refractivity contribution >= 4 is 12.6 Å². The molecule has 0 saturated carbocycles. The van der Waals surface area contributed by atoms with Crippen molar-refractivity contribution in [3.05, 3.63) is 18.7 Å². The molecule has 4 heteroatoms. The predicted molar refractivity (Wildman–Crippen MR) is 82.1 cm³/mol. The standard InChI is InChI=1S/C15H26N4/c1-6-14(19-10-9-17-12-19)7-8-16-11-18-13(2)15(3,4)5/h8-14H,6-7H2,1-5H3. The molecular weight excluding hydrogens is 236 g/mol. The molecule has 0 radical (unpaired) electrons. The molecule has 0 spiro atoms. The van der Waals surface area contributed by atoms with Gasteiger partial charge in [0.2, 0.25) is 0 Å². The third-order valence-electron chi connectivity index (χ3n) is 3.51. The summed E-state index contributed by atoms with van der Waals surface area (Å²) >= 11 is 0. The molecule has 0 aliphatic carbocycles. The molecule has 0 amide bonds. The summed E-state index contributed by atoms with van der Waals surface area (Å²) in [6.07, 6.45) is 11.3. The summed E-state index contributed by atoms with van der Waals surface area (Å²) < 4.78 is 2.13. The van der Waals surface area contributed by atoms with E-state index < -0.39 is 0 Å².